The maximum Gasteiger partial charge on any atom is 0.237 e. The highest BCUT2D eigenvalue weighted by Crippen LogP contribution is 2.30. The Morgan fingerprint density at radius 1 is 1.42 bits per heavy atom. The van der Waals surface area contributed by atoms with Crippen LogP contribution in [0.15, 0.2) is 18.2 Å². The number of hydrogen-bond acceptors (Lipinski definition) is 3. The van der Waals surface area contributed by atoms with Crippen molar-refractivity contribution in [2.24, 2.45) is 17.1 Å². The predicted octanol–water partition coefficient (Wildman–Crippen LogP) is 3.59. The maximum atomic E-state index is 14.1. The van der Waals surface area contributed by atoms with Crippen LogP contribution in [0.3, 0.4) is 0 Å². The molecule has 136 valence electrons. The molecular formula is C18H28ClFN2O2. The van der Waals surface area contributed by atoms with Gasteiger partial charge < -0.3 is 15.8 Å². The summed E-state index contributed by atoms with van der Waals surface area (Å²) in [5, 5.41) is 2.84. The number of rotatable bonds is 6. The lowest BCUT2D eigenvalue weighted by Crippen LogP contribution is -2.49. The van der Waals surface area contributed by atoms with Gasteiger partial charge >= 0.3 is 0 Å². The van der Waals surface area contributed by atoms with Crippen LogP contribution >= 0.6 is 12.4 Å². The van der Waals surface area contributed by atoms with Gasteiger partial charge in [0.1, 0.15) is 0 Å². The molecule has 0 bridgehead atoms. The van der Waals surface area contributed by atoms with Crippen molar-refractivity contribution in [2.45, 2.75) is 52.6 Å². The van der Waals surface area contributed by atoms with E-state index in [2.05, 4.69) is 5.32 Å². The van der Waals surface area contributed by atoms with E-state index in [0.717, 1.165) is 12.8 Å². The summed E-state index contributed by atoms with van der Waals surface area (Å²) in [5.74, 6) is 0.209. The maximum absolute atomic E-state index is 14.1. The molecule has 1 aliphatic carbocycles. The highest BCUT2D eigenvalue weighted by molar-refractivity contribution is 5.85. The SMILES string of the molecule is CC(NC(=O)[C@@H](N)C(C)(C)C)c1ccc(OCC2CC2)c(F)c1.Cl. The first kappa shape index (κ1) is 20.7. The number of nitrogens with two attached hydrogens (primary N) is 1. The van der Waals surface area contributed by atoms with Crippen molar-refractivity contribution in [2.75, 3.05) is 6.61 Å². The van der Waals surface area contributed by atoms with Gasteiger partial charge in [0.2, 0.25) is 5.91 Å². The monoisotopic (exact) mass is 358 g/mol. The molecule has 2 rings (SSSR count). The highest BCUT2D eigenvalue weighted by atomic mass is 35.5. The van der Waals surface area contributed by atoms with Crippen LogP contribution in [0.2, 0.25) is 0 Å². The van der Waals surface area contributed by atoms with Crippen molar-refractivity contribution in [3.05, 3.63) is 29.6 Å². The van der Waals surface area contributed by atoms with E-state index < -0.39 is 11.9 Å². The van der Waals surface area contributed by atoms with E-state index in [1.54, 1.807) is 12.1 Å². The van der Waals surface area contributed by atoms with E-state index in [4.69, 9.17) is 10.5 Å². The second-order valence-electron chi connectivity index (χ2n) is 7.52. The van der Waals surface area contributed by atoms with Crippen molar-refractivity contribution >= 4 is 18.3 Å². The van der Waals surface area contributed by atoms with Gasteiger partial charge in [-0.1, -0.05) is 26.8 Å². The van der Waals surface area contributed by atoms with Crippen LogP contribution in [0.25, 0.3) is 0 Å². The summed E-state index contributed by atoms with van der Waals surface area (Å²) < 4.78 is 19.6. The fraction of sp³-hybridized carbons (Fsp3) is 0.611. The summed E-state index contributed by atoms with van der Waals surface area (Å²) in [6, 6.07) is 3.88. The summed E-state index contributed by atoms with van der Waals surface area (Å²) in [7, 11) is 0. The van der Waals surface area contributed by atoms with Gasteiger partial charge in [-0.05, 0) is 48.8 Å². The molecule has 4 nitrogen and oxygen atoms in total. The van der Waals surface area contributed by atoms with Gasteiger partial charge in [-0.2, -0.15) is 0 Å². The third kappa shape index (κ3) is 5.64. The molecule has 0 heterocycles. The molecule has 1 aromatic rings. The van der Waals surface area contributed by atoms with Gasteiger partial charge in [-0.3, -0.25) is 4.79 Å². The predicted molar refractivity (Wildman–Crippen MR) is 95.9 cm³/mol. The fourth-order valence-electron chi connectivity index (χ4n) is 2.18. The minimum absolute atomic E-state index is 0. The standard InChI is InChI=1S/C18H27FN2O2.ClH/c1-11(21-17(22)16(20)18(2,3)4)13-7-8-15(14(19)9-13)23-10-12-5-6-12;/h7-9,11-12,16H,5-6,10,20H2,1-4H3,(H,21,22);1H/t11?,16-;/m1./s1. The number of ether oxygens (including phenoxy) is 1. The Hall–Kier alpha value is -1.33. The quantitative estimate of drug-likeness (QED) is 0.816. The van der Waals surface area contributed by atoms with Gasteiger partial charge in [0.15, 0.2) is 11.6 Å². The van der Waals surface area contributed by atoms with Gasteiger partial charge in [0, 0.05) is 0 Å². The highest BCUT2D eigenvalue weighted by Gasteiger charge is 2.28. The second kappa shape index (κ2) is 8.17. The number of amides is 1. The number of carbonyl (C=O) groups excluding carboxylic acids is 1. The zero-order valence-corrected chi connectivity index (χ0v) is 15.6. The molecule has 1 fully saturated rings. The average Bonchev–Trinajstić information content (AvgIpc) is 3.28. The fourth-order valence-corrected chi connectivity index (χ4v) is 2.18. The van der Waals surface area contributed by atoms with E-state index in [-0.39, 0.29) is 35.5 Å². The number of benzene rings is 1. The minimum Gasteiger partial charge on any atom is -0.490 e. The van der Waals surface area contributed by atoms with Crippen LogP contribution < -0.4 is 15.8 Å². The van der Waals surface area contributed by atoms with Crippen LogP contribution in [-0.2, 0) is 4.79 Å². The van der Waals surface area contributed by atoms with Gasteiger partial charge in [0.25, 0.3) is 0 Å². The van der Waals surface area contributed by atoms with Crippen molar-refractivity contribution < 1.29 is 13.9 Å². The van der Waals surface area contributed by atoms with E-state index in [0.29, 0.717) is 18.1 Å². The first-order valence-corrected chi connectivity index (χ1v) is 8.16. The van der Waals surface area contributed by atoms with Crippen LogP contribution in [0.1, 0.15) is 52.1 Å². The summed E-state index contributed by atoms with van der Waals surface area (Å²) in [6.07, 6.45) is 2.33. The van der Waals surface area contributed by atoms with Crippen LogP contribution in [-0.4, -0.2) is 18.6 Å². The minimum atomic E-state index is -0.615. The molecule has 0 aliphatic heterocycles. The molecular weight excluding hydrogens is 331 g/mol. The lowest BCUT2D eigenvalue weighted by atomic mass is 9.86. The molecule has 6 heteroatoms. The third-order valence-corrected chi connectivity index (χ3v) is 4.20. The summed E-state index contributed by atoms with van der Waals surface area (Å²) in [6.45, 7) is 8.12. The van der Waals surface area contributed by atoms with Crippen molar-refractivity contribution in [3.63, 3.8) is 0 Å². The van der Waals surface area contributed by atoms with Crippen LogP contribution in [0.4, 0.5) is 4.39 Å². The first-order valence-electron chi connectivity index (χ1n) is 8.16. The Bertz CT molecular complexity index is 571. The number of halogens is 2. The molecule has 0 aromatic heterocycles. The molecule has 0 saturated heterocycles. The lowest BCUT2D eigenvalue weighted by molar-refractivity contribution is -0.125. The molecule has 1 aliphatic rings. The number of carbonyl (C=O) groups is 1. The molecule has 2 atom stereocenters. The first-order chi connectivity index (χ1) is 10.7. The molecule has 24 heavy (non-hydrogen) atoms. The third-order valence-electron chi connectivity index (χ3n) is 4.20. The smallest absolute Gasteiger partial charge is 0.237 e. The van der Waals surface area contributed by atoms with Gasteiger partial charge in [0.05, 0.1) is 18.7 Å². The van der Waals surface area contributed by atoms with Gasteiger partial charge in [-0.15, -0.1) is 12.4 Å². The van der Waals surface area contributed by atoms with Crippen LogP contribution in [0.5, 0.6) is 5.75 Å². The topological polar surface area (TPSA) is 64.4 Å². The van der Waals surface area contributed by atoms with E-state index >= 15 is 0 Å². The molecule has 3 N–H and O–H groups in total. The van der Waals surface area contributed by atoms with Crippen molar-refractivity contribution in [3.8, 4) is 5.75 Å². The number of hydrogen-bond donors (Lipinski definition) is 2. The number of nitrogens with one attached hydrogen (secondary N) is 1. The molecule has 0 spiro atoms. The van der Waals surface area contributed by atoms with Crippen molar-refractivity contribution in [1.82, 2.24) is 5.32 Å². The zero-order chi connectivity index (χ0) is 17.2. The van der Waals surface area contributed by atoms with Crippen molar-refractivity contribution in [1.29, 1.82) is 0 Å². The lowest BCUT2D eigenvalue weighted by Gasteiger charge is -2.27. The summed E-state index contributed by atoms with van der Waals surface area (Å²) in [5.41, 5.74) is 6.31. The Labute approximate surface area is 149 Å². The largest absolute Gasteiger partial charge is 0.490 e. The van der Waals surface area contributed by atoms with E-state index in [9.17, 15) is 9.18 Å². The molecule has 0 radical (unpaired) electrons. The second-order valence-corrected chi connectivity index (χ2v) is 7.52. The summed E-state index contributed by atoms with van der Waals surface area (Å²) in [4.78, 5) is 12.2. The zero-order valence-electron chi connectivity index (χ0n) is 14.8. The molecule has 1 unspecified atom stereocenters. The normalized spacial score (nSPS) is 16.8. The van der Waals surface area contributed by atoms with E-state index in [1.807, 2.05) is 27.7 Å². The van der Waals surface area contributed by atoms with Crippen LogP contribution in [0, 0.1) is 17.2 Å². The summed E-state index contributed by atoms with van der Waals surface area (Å²) >= 11 is 0. The molecule has 1 amide bonds. The Balaban J connectivity index is 0.00000288. The Kier molecular flexibility index (Phi) is 7.05. The Morgan fingerprint density at radius 3 is 2.54 bits per heavy atom. The Morgan fingerprint density at radius 2 is 2.04 bits per heavy atom. The average molecular weight is 359 g/mol. The molecule has 1 saturated carbocycles. The van der Waals surface area contributed by atoms with Gasteiger partial charge in [-0.25, -0.2) is 4.39 Å². The molecule has 1 aromatic carbocycles. The van der Waals surface area contributed by atoms with E-state index in [1.165, 1.54) is 6.07 Å².